The Balaban J connectivity index is 1.41. The van der Waals surface area contributed by atoms with Gasteiger partial charge in [0.05, 0.1) is 17.3 Å². The van der Waals surface area contributed by atoms with E-state index in [0.717, 1.165) is 35.0 Å². The van der Waals surface area contributed by atoms with Gasteiger partial charge in [-0.3, -0.25) is 4.98 Å². The van der Waals surface area contributed by atoms with E-state index in [9.17, 15) is 13.2 Å². The first-order chi connectivity index (χ1) is 19.4. The molecule has 200 valence electrons. The number of hydrogen-bond acceptors (Lipinski definition) is 3. The zero-order chi connectivity index (χ0) is 27.7. The van der Waals surface area contributed by atoms with Crippen LogP contribution >= 0.6 is 12.2 Å². The predicted octanol–water partition coefficient (Wildman–Crippen LogP) is 7.86. The van der Waals surface area contributed by atoms with Gasteiger partial charge in [-0.2, -0.15) is 13.2 Å². The topological polar surface area (TPSA) is 42.3 Å². The molecule has 5 nitrogen and oxygen atoms in total. The van der Waals surface area contributed by atoms with Crippen molar-refractivity contribution in [3.63, 3.8) is 0 Å². The molecule has 0 saturated carbocycles. The lowest BCUT2D eigenvalue weighted by atomic mass is 10.0. The number of halogens is 3. The lowest BCUT2D eigenvalue weighted by Crippen LogP contribution is -2.30. The maximum absolute atomic E-state index is 13.5. The number of para-hydroxylation sites is 1. The van der Waals surface area contributed by atoms with Gasteiger partial charge in [0.25, 0.3) is 0 Å². The maximum atomic E-state index is 13.5. The third-order valence-electron chi connectivity index (χ3n) is 6.73. The van der Waals surface area contributed by atoms with Gasteiger partial charge in [0.15, 0.2) is 5.11 Å². The average molecular weight is 557 g/mol. The second-order valence-corrected chi connectivity index (χ2v) is 9.64. The van der Waals surface area contributed by atoms with E-state index in [-0.39, 0.29) is 6.04 Å². The molecule has 0 spiro atoms. The minimum Gasteiger partial charge on any atom is -0.457 e. The molecular weight excluding hydrogens is 533 g/mol. The summed E-state index contributed by atoms with van der Waals surface area (Å²) in [5.74, 6) is 1.39. The summed E-state index contributed by atoms with van der Waals surface area (Å²) in [4.78, 5) is 6.54. The molecule has 2 atom stereocenters. The van der Waals surface area contributed by atoms with Crippen LogP contribution < -0.4 is 15.0 Å². The summed E-state index contributed by atoms with van der Waals surface area (Å²) in [5, 5.41) is 3.88. The molecule has 0 amide bonds. The van der Waals surface area contributed by atoms with E-state index < -0.39 is 17.8 Å². The van der Waals surface area contributed by atoms with Crippen LogP contribution in [0.15, 0.2) is 122 Å². The number of aromatic nitrogens is 2. The van der Waals surface area contributed by atoms with Crippen LogP contribution in [0.5, 0.6) is 11.5 Å². The molecule has 3 aromatic carbocycles. The number of nitrogens with one attached hydrogen (secondary N) is 1. The largest absolute Gasteiger partial charge is 0.457 e. The highest BCUT2D eigenvalue weighted by Crippen LogP contribution is 2.43. The standard InChI is InChI=1S/C31H23F3N4OS/c32-31(33,34)21-8-6-9-23(20-21)37-19-7-13-27(37)29-28(26-12-4-5-18-35-26)36-30(40)38(29)22-14-16-25(17-15-22)39-24-10-2-1-3-11-24/h1-20,28-29H,(H,36,40)/t28-,29+/m0/s1. The molecule has 3 heterocycles. The molecule has 1 saturated heterocycles. The number of rotatable bonds is 6. The third-order valence-corrected chi connectivity index (χ3v) is 7.04. The summed E-state index contributed by atoms with van der Waals surface area (Å²) in [6, 6.07) is 30.9. The normalized spacial score (nSPS) is 17.1. The van der Waals surface area contributed by atoms with E-state index in [0.29, 0.717) is 16.5 Å². The minimum absolute atomic E-state index is 0.353. The smallest absolute Gasteiger partial charge is 0.416 e. The van der Waals surface area contributed by atoms with Gasteiger partial charge in [-0.05, 0) is 91.1 Å². The average Bonchev–Trinajstić information content (AvgIpc) is 3.59. The van der Waals surface area contributed by atoms with Crippen LogP contribution in [0, 0.1) is 0 Å². The summed E-state index contributed by atoms with van der Waals surface area (Å²) in [5.41, 5.74) is 2.01. The first-order valence-electron chi connectivity index (χ1n) is 12.6. The van der Waals surface area contributed by atoms with Gasteiger partial charge >= 0.3 is 6.18 Å². The Bertz CT molecular complexity index is 1620. The van der Waals surface area contributed by atoms with Gasteiger partial charge in [-0.15, -0.1) is 0 Å². The highest BCUT2D eigenvalue weighted by atomic mass is 32.1. The lowest BCUT2D eigenvalue weighted by Gasteiger charge is -2.29. The molecule has 0 unspecified atom stereocenters. The number of hydrogen-bond donors (Lipinski definition) is 1. The molecule has 1 aliphatic rings. The van der Waals surface area contributed by atoms with Crippen LogP contribution in [0.1, 0.15) is 29.0 Å². The van der Waals surface area contributed by atoms with Gasteiger partial charge in [0, 0.05) is 29.5 Å². The molecule has 6 rings (SSSR count). The van der Waals surface area contributed by atoms with Crippen molar-refractivity contribution < 1.29 is 17.9 Å². The number of benzene rings is 3. The lowest BCUT2D eigenvalue weighted by molar-refractivity contribution is -0.137. The quantitative estimate of drug-likeness (QED) is 0.216. The summed E-state index contributed by atoms with van der Waals surface area (Å²) in [6.45, 7) is 0. The van der Waals surface area contributed by atoms with Gasteiger partial charge in [-0.1, -0.05) is 30.3 Å². The number of anilines is 1. The number of ether oxygens (including phenoxy) is 1. The number of pyridine rings is 1. The molecule has 40 heavy (non-hydrogen) atoms. The van der Waals surface area contributed by atoms with E-state index >= 15 is 0 Å². The molecule has 5 aromatic rings. The van der Waals surface area contributed by atoms with Crippen LogP contribution in [0.2, 0.25) is 0 Å². The van der Waals surface area contributed by atoms with Gasteiger partial charge in [0.2, 0.25) is 0 Å². The van der Waals surface area contributed by atoms with Crippen LogP contribution in [0.3, 0.4) is 0 Å². The van der Waals surface area contributed by atoms with Crippen LogP contribution in [-0.2, 0) is 6.18 Å². The second-order valence-electron chi connectivity index (χ2n) is 9.26. The van der Waals surface area contributed by atoms with Crippen molar-refractivity contribution >= 4 is 23.0 Å². The minimum atomic E-state index is -4.45. The summed E-state index contributed by atoms with van der Waals surface area (Å²) < 4.78 is 48.3. The molecule has 1 aliphatic heterocycles. The van der Waals surface area contributed by atoms with Crippen molar-refractivity contribution in [3.8, 4) is 17.2 Å². The van der Waals surface area contributed by atoms with Gasteiger partial charge in [0.1, 0.15) is 17.5 Å². The van der Waals surface area contributed by atoms with Crippen molar-refractivity contribution in [3.05, 3.63) is 139 Å². The van der Waals surface area contributed by atoms with E-state index in [1.165, 1.54) is 6.07 Å². The Morgan fingerprint density at radius 3 is 2.25 bits per heavy atom. The van der Waals surface area contributed by atoms with E-state index in [1.807, 2.05) is 89.8 Å². The number of nitrogens with zero attached hydrogens (tertiary/aromatic N) is 3. The van der Waals surface area contributed by atoms with Crippen molar-refractivity contribution in [2.45, 2.75) is 18.3 Å². The highest BCUT2D eigenvalue weighted by Gasteiger charge is 2.42. The first-order valence-corrected chi connectivity index (χ1v) is 13.0. The fraction of sp³-hybridized carbons (Fsp3) is 0.0968. The fourth-order valence-corrected chi connectivity index (χ4v) is 5.28. The Hall–Kier alpha value is -4.63. The highest BCUT2D eigenvalue weighted by molar-refractivity contribution is 7.80. The Labute approximate surface area is 234 Å². The van der Waals surface area contributed by atoms with E-state index in [4.69, 9.17) is 17.0 Å². The zero-order valence-electron chi connectivity index (χ0n) is 21.0. The number of thiocarbonyl (C=S) groups is 1. The Kier molecular flexibility index (Phi) is 6.73. The van der Waals surface area contributed by atoms with Crippen molar-refractivity contribution in [2.75, 3.05) is 4.90 Å². The van der Waals surface area contributed by atoms with Crippen LogP contribution in [0.4, 0.5) is 18.9 Å². The van der Waals surface area contributed by atoms with Crippen LogP contribution in [-0.4, -0.2) is 14.7 Å². The second kappa shape index (κ2) is 10.5. The molecule has 9 heteroatoms. The van der Waals surface area contributed by atoms with E-state index in [2.05, 4.69) is 10.3 Å². The molecule has 0 radical (unpaired) electrons. The maximum Gasteiger partial charge on any atom is 0.416 e. The molecular formula is C31H23F3N4OS. The number of alkyl halides is 3. The Morgan fingerprint density at radius 1 is 0.775 bits per heavy atom. The van der Waals surface area contributed by atoms with E-state index in [1.54, 1.807) is 23.0 Å². The molecule has 1 N–H and O–H groups in total. The molecule has 2 aromatic heterocycles. The Morgan fingerprint density at radius 2 is 1.52 bits per heavy atom. The van der Waals surface area contributed by atoms with Crippen LogP contribution in [0.25, 0.3) is 5.69 Å². The summed E-state index contributed by atoms with van der Waals surface area (Å²) in [7, 11) is 0. The van der Waals surface area contributed by atoms with Crippen molar-refractivity contribution in [1.82, 2.24) is 14.9 Å². The fourth-order valence-electron chi connectivity index (χ4n) is 4.94. The molecule has 1 fully saturated rings. The molecule has 0 aliphatic carbocycles. The third kappa shape index (κ3) is 5.03. The monoisotopic (exact) mass is 556 g/mol. The zero-order valence-corrected chi connectivity index (χ0v) is 21.8. The predicted molar refractivity (Wildman–Crippen MR) is 152 cm³/mol. The summed E-state index contributed by atoms with van der Waals surface area (Å²) >= 11 is 5.82. The van der Waals surface area contributed by atoms with Gasteiger partial charge in [-0.25, -0.2) is 0 Å². The van der Waals surface area contributed by atoms with Crippen molar-refractivity contribution in [1.29, 1.82) is 0 Å². The molecule has 0 bridgehead atoms. The van der Waals surface area contributed by atoms with Gasteiger partial charge < -0.3 is 19.5 Å². The first kappa shape index (κ1) is 25.6. The summed E-state index contributed by atoms with van der Waals surface area (Å²) in [6.07, 6.45) is -0.982. The SMILES string of the molecule is FC(F)(F)c1cccc(-n2cccc2[C@@H]2[C@H](c3ccccn3)NC(=S)N2c2ccc(Oc3ccccc3)cc2)c1. The van der Waals surface area contributed by atoms with Crippen molar-refractivity contribution in [2.24, 2.45) is 0 Å².